The van der Waals surface area contributed by atoms with E-state index in [0.29, 0.717) is 12.6 Å². The van der Waals surface area contributed by atoms with Gasteiger partial charge < -0.3 is 16.0 Å². The summed E-state index contributed by atoms with van der Waals surface area (Å²) in [7, 11) is 0. The summed E-state index contributed by atoms with van der Waals surface area (Å²) in [6, 6.07) is 6.08. The van der Waals surface area contributed by atoms with Gasteiger partial charge in [-0.1, -0.05) is 25.3 Å². The minimum Gasteiger partial charge on any atom is -0.326 e. The van der Waals surface area contributed by atoms with Gasteiger partial charge >= 0.3 is 0 Å². The second-order valence-corrected chi connectivity index (χ2v) is 7.01. The van der Waals surface area contributed by atoms with E-state index >= 15 is 0 Å². The summed E-state index contributed by atoms with van der Waals surface area (Å²) in [5.41, 5.74) is 2.45. The van der Waals surface area contributed by atoms with Gasteiger partial charge in [-0.3, -0.25) is 9.59 Å². The molecule has 2 fully saturated rings. The maximum Gasteiger partial charge on any atom is 0.238 e. The molecule has 0 atom stereocenters. The van der Waals surface area contributed by atoms with Gasteiger partial charge in [0.2, 0.25) is 11.8 Å². The predicted octanol–water partition coefficient (Wildman–Crippen LogP) is 3.20. The van der Waals surface area contributed by atoms with Crippen LogP contribution in [0.5, 0.6) is 0 Å². The quantitative estimate of drug-likeness (QED) is 0.750. The van der Waals surface area contributed by atoms with Crippen molar-refractivity contribution in [2.24, 2.45) is 5.92 Å². The first kappa shape index (κ1) is 17.0. The van der Waals surface area contributed by atoms with Gasteiger partial charge in [-0.2, -0.15) is 0 Å². The molecule has 130 valence electrons. The molecule has 2 saturated carbocycles. The molecule has 3 N–H and O–H groups in total. The molecule has 24 heavy (non-hydrogen) atoms. The van der Waals surface area contributed by atoms with E-state index in [4.69, 9.17) is 0 Å². The number of benzene rings is 1. The van der Waals surface area contributed by atoms with Crippen LogP contribution in [0.25, 0.3) is 0 Å². The Balaban J connectivity index is 1.53. The van der Waals surface area contributed by atoms with Crippen LogP contribution in [0, 0.1) is 12.8 Å². The van der Waals surface area contributed by atoms with Crippen LogP contribution >= 0.6 is 0 Å². The zero-order chi connectivity index (χ0) is 16.9. The number of nitrogens with one attached hydrogen (secondary N) is 3. The van der Waals surface area contributed by atoms with Gasteiger partial charge in [0, 0.05) is 23.3 Å². The van der Waals surface area contributed by atoms with E-state index in [1.54, 1.807) is 0 Å². The van der Waals surface area contributed by atoms with Gasteiger partial charge in [0.05, 0.1) is 6.54 Å². The molecule has 0 unspecified atom stereocenters. The highest BCUT2D eigenvalue weighted by molar-refractivity contribution is 5.97. The zero-order valence-electron chi connectivity index (χ0n) is 14.4. The maximum atomic E-state index is 12.2. The van der Waals surface area contributed by atoms with Crippen molar-refractivity contribution >= 4 is 23.2 Å². The van der Waals surface area contributed by atoms with E-state index < -0.39 is 0 Å². The SMILES string of the molecule is Cc1c(NC(=O)CNC2CCCCC2)cccc1NC(=O)C1CC1. The third-order valence-electron chi connectivity index (χ3n) is 4.97. The normalized spacial score (nSPS) is 18.2. The Hall–Kier alpha value is -1.88. The van der Waals surface area contributed by atoms with Crippen molar-refractivity contribution in [3.05, 3.63) is 23.8 Å². The van der Waals surface area contributed by atoms with E-state index in [9.17, 15) is 9.59 Å². The molecule has 0 bridgehead atoms. The summed E-state index contributed by atoms with van der Waals surface area (Å²) in [4.78, 5) is 24.1. The van der Waals surface area contributed by atoms with Crippen LogP contribution < -0.4 is 16.0 Å². The minimum absolute atomic E-state index is 0.0330. The molecular weight excluding hydrogens is 302 g/mol. The van der Waals surface area contributed by atoms with E-state index in [1.807, 2.05) is 25.1 Å². The van der Waals surface area contributed by atoms with Crippen molar-refractivity contribution in [3.63, 3.8) is 0 Å². The summed E-state index contributed by atoms with van der Waals surface area (Å²) in [5.74, 6) is 0.220. The number of amides is 2. The van der Waals surface area contributed by atoms with Crippen molar-refractivity contribution in [3.8, 4) is 0 Å². The van der Waals surface area contributed by atoms with Crippen LogP contribution in [-0.4, -0.2) is 24.4 Å². The molecule has 1 aromatic carbocycles. The molecule has 0 saturated heterocycles. The van der Waals surface area contributed by atoms with Gasteiger partial charge in [0.1, 0.15) is 0 Å². The minimum atomic E-state index is -0.0330. The highest BCUT2D eigenvalue weighted by Gasteiger charge is 2.29. The third kappa shape index (κ3) is 4.57. The van der Waals surface area contributed by atoms with Gasteiger partial charge in [-0.15, -0.1) is 0 Å². The van der Waals surface area contributed by atoms with Crippen molar-refractivity contribution < 1.29 is 9.59 Å². The summed E-state index contributed by atoms with van der Waals surface area (Å²) in [6.45, 7) is 2.26. The molecular formula is C19H27N3O2. The molecule has 0 aliphatic heterocycles. The lowest BCUT2D eigenvalue weighted by Crippen LogP contribution is -2.37. The highest BCUT2D eigenvalue weighted by atomic mass is 16.2. The number of hydrogen-bond donors (Lipinski definition) is 3. The van der Waals surface area contributed by atoms with Gasteiger partial charge in [-0.05, 0) is 50.3 Å². The molecule has 2 aliphatic carbocycles. The molecule has 3 rings (SSSR count). The second-order valence-electron chi connectivity index (χ2n) is 7.01. The third-order valence-corrected chi connectivity index (χ3v) is 4.97. The molecule has 2 aliphatic rings. The number of carbonyl (C=O) groups excluding carboxylic acids is 2. The zero-order valence-corrected chi connectivity index (χ0v) is 14.4. The molecule has 0 radical (unpaired) electrons. The van der Waals surface area contributed by atoms with Gasteiger partial charge in [-0.25, -0.2) is 0 Å². The van der Waals surface area contributed by atoms with Gasteiger partial charge in [0.15, 0.2) is 0 Å². The molecule has 0 spiro atoms. The van der Waals surface area contributed by atoms with E-state index in [-0.39, 0.29) is 17.7 Å². The highest BCUT2D eigenvalue weighted by Crippen LogP contribution is 2.31. The fourth-order valence-corrected chi connectivity index (χ4v) is 3.22. The summed E-state index contributed by atoms with van der Waals surface area (Å²) in [5, 5.41) is 9.27. The van der Waals surface area contributed by atoms with Crippen LogP contribution in [0.15, 0.2) is 18.2 Å². The largest absolute Gasteiger partial charge is 0.326 e. The second kappa shape index (κ2) is 7.79. The fourth-order valence-electron chi connectivity index (χ4n) is 3.22. The Bertz CT molecular complexity index is 605. The van der Waals surface area contributed by atoms with Crippen LogP contribution in [-0.2, 0) is 9.59 Å². The monoisotopic (exact) mass is 329 g/mol. The molecule has 1 aromatic rings. The molecule has 0 aromatic heterocycles. The van der Waals surface area contributed by atoms with E-state index in [1.165, 1.54) is 19.3 Å². The number of anilines is 2. The average Bonchev–Trinajstić information content (AvgIpc) is 3.43. The van der Waals surface area contributed by atoms with Crippen molar-refractivity contribution in [1.82, 2.24) is 5.32 Å². The summed E-state index contributed by atoms with van der Waals surface area (Å²) < 4.78 is 0. The topological polar surface area (TPSA) is 70.2 Å². The lowest BCUT2D eigenvalue weighted by molar-refractivity contribution is -0.117. The Kier molecular flexibility index (Phi) is 5.51. The molecule has 2 amide bonds. The first-order chi connectivity index (χ1) is 11.6. The van der Waals surface area contributed by atoms with Crippen LogP contribution in [0.3, 0.4) is 0 Å². The number of carbonyl (C=O) groups is 2. The first-order valence-electron chi connectivity index (χ1n) is 9.07. The Morgan fingerprint density at radius 3 is 2.33 bits per heavy atom. The molecule has 5 nitrogen and oxygen atoms in total. The smallest absolute Gasteiger partial charge is 0.238 e. The lowest BCUT2D eigenvalue weighted by atomic mass is 9.95. The standard InChI is InChI=1S/C19H27N3O2/c1-13-16(8-5-9-17(13)22-19(24)14-10-11-14)21-18(23)12-20-15-6-3-2-4-7-15/h5,8-9,14-15,20H,2-4,6-7,10-12H2,1H3,(H,21,23)(H,22,24). The Labute approximate surface area is 143 Å². The van der Waals surface area contributed by atoms with Crippen molar-refractivity contribution in [2.75, 3.05) is 17.2 Å². The Morgan fingerprint density at radius 2 is 1.67 bits per heavy atom. The van der Waals surface area contributed by atoms with Gasteiger partial charge in [0.25, 0.3) is 0 Å². The molecule has 5 heteroatoms. The summed E-state index contributed by atoms with van der Waals surface area (Å²) in [6.07, 6.45) is 8.09. The number of hydrogen-bond acceptors (Lipinski definition) is 3. The lowest BCUT2D eigenvalue weighted by Gasteiger charge is -2.22. The summed E-state index contributed by atoms with van der Waals surface area (Å²) >= 11 is 0. The van der Waals surface area contributed by atoms with E-state index in [2.05, 4.69) is 16.0 Å². The van der Waals surface area contributed by atoms with Crippen LogP contribution in [0.1, 0.15) is 50.5 Å². The van der Waals surface area contributed by atoms with Crippen molar-refractivity contribution in [2.45, 2.75) is 57.9 Å². The van der Waals surface area contributed by atoms with E-state index in [0.717, 1.165) is 42.6 Å². The van der Waals surface area contributed by atoms with Crippen LogP contribution in [0.4, 0.5) is 11.4 Å². The Morgan fingerprint density at radius 1 is 1.00 bits per heavy atom. The molecule has 0 heterocycles. The fraction of sp³-hybridized carbons (Fsp3) is 0.579. The average molecular weight is 329 g/mol. The van der Waals surface area contributed by atoms with Crippen LogP contribution in [0.2, 0.25) is 0 Å². The van der Waals surface area contributed by atoms with Crippen molar-refractivity contribution in [1.29, 1.82) is 0 Å². The maximum absolute atomic E-state index is 12.2. The first-order valence-corrected chi connectivity index (χ1v) is 9.07. The predicted molar refractivity (Wildman–Crippen MR) is 96.0 cm³/mol. The number of rotatable bonds is 6.